The zero-order chi connectivity index (χ0) is 16.9. The molecule has 5 heteroatoms. The molecule has 1 heterocycles. The Morgan fingerprint density at radius 3 is 2.96 bits per heavy atom. The van der Waals surface area contributed by atoms with Crippen molar-refractivity contribution in [2.45, 2.75) is 26.2 Å². The molecule has 0 saturated carbocycles. The van der Waals surface area contributed by atoms with Gasteiger partial charge in [0.15, 0.2) is 0 Å². The highest BCUT2D eigenvalue weighted by Gasteiger charge is 2.20. The van der Waals surface area contributed by atoms with Crippen molar-refractivity contribution < 1.29 is 4.79 Å². The summed E-state index contributed by atoms with van der Waals surface area (Å²) in [5.74, 6) is 0.568. The third kappa shape index (κ3) is 4.42. The normalized spacial score (nSPS) is 17.8. The molecule has 0 saturated heterocycles. The van der Waals surface area contributed by atoms with Gasteiger partial charge in [0.25, 0.3) is 5.91 Å². The number of hydrogen-bond acceptors (Lipinski definition) is 3. The van der Waals surface area contributed by atoms with Crippen LogP contribution < -0.4 is 5.43 Å². The average Bonchev–Trinajstić information content (AvgIpc) is 2.99. The number of aryl methyl sites for hydroxylation is 1. The third-order valence-corrected chi connectivity index (χ3v) is 5.68. The summed E-state index contributed by atoms with van der Waals surface area (Å²) >= 11 is 5.03. The lowest BCUT2D eigenvalue weighted by Gasteiger charge is -2.16. The van der Waals surface area contributed by atoms with Crippen LogP contribution in [0.15, 0.2) is 46.0 Å². The van der Waals surface area contributed by atoms with Gasteiger partial charge in [-0.15, -0.1) is 11.3 Å². The number of hydrogen-bond donors (Lipinski definition) is 1. The number of nitrogens with one attached hydrogen (secondary N) is 1. The zero-order valence-electron chi connectivity index (χ0n) is 13.5. The van der Waals surface area contributed by atoms with Crippen molar-refractivity contribution in [1.29, 1.82) is 0 Å². The van der Waals surface area contributed by atoms with Gasteiger partial charge in [0.1, 0.15) is 0 Å². The summed E-state index contributed by atoms with van der Waals surface area (Å²) in [5, 5.41) is 4.03. The minimum Gasteiger partial charge on any atom is -0.266 e. The number of hydrazone groups is 1. The number of nitrogens with zero attached hydrogens (tertiary/aromatic N) is 1. The number of thiophene rings is 1. The van der Waals surface area contributed by atoms with Gasteiger partial charge >= 0.3 is 0 Å². The van der Waals surface area contributed by atoms with Gasteiger partial charge in [-0.2, -0.15) is 5.10 Å². The van der Waals surface area contributed by atoms with Gasteiger partial charge in [-0.05, 0) is 64.4 Å². The Bertz CT molecular complexity index is 780. The Balaban J connectivity index is 1.60. The van der Waals surface area contributed by atoms with Crippen molar-refractivity contribution in [1.82, 2.24) is 5.43 Å². The van der Waals surface area contributed by atoms with Crippen molar-refractivity contribution in [2.24, 2.45) is 11.0 Å². The number of carbonyl (C=O) groups excluding carboxylic acids is 1. The lowest BCUT2D eigenvalue weighted by atomic mass is 9.90. The van der Waals surface area contributed by atoms with Crippen LogP contribution in [0.3, 0.4) is 0 Å². The van der Waals surface area contributed by atoms with Crippen LogP contribution in [0.5, 0.6) is 0 Å². The van der Waals surface area contributed by atoms with E-state index in [1.165, 1.54) is 16.9 Å². The topological polar surface area (TPSA) is 41.5 Å². The van der Waals surface area contributed by atoms with Crippen LogP contribution in [0.1, 0.15) is 39.0 Å². The average molecular weight is 403 g/mol. The van der Waals surface area contributed by atoms with E-state index in [0.29, 0.717) is 5.92 Å². The number of rotatable bonds is 4. The Labute approximate surface area is 154 Å². The van der Waals surface area contributed by atoms with Crippen LogP contribution in [0.25, 0.3) is 6.08 Å². The second-order valence-corrected chi connectivity index (χ2v) is 8.10. The maximum absolute atomic E-state index is 12.2. The maximum atomic E-state index is 12.2. The molecule has 1 aromatic heterocycles. The molecule has 0 radical (unpaired) electrons. The van der Waals surface area contributed by atoms with Gasteiger partial charge in [-0.3, -0.25) is 4.79 Å². The first-order valence-corrected chi connectivity index (χ1v) is 9.60. The molecule has 1 aliphatic carbocycles. The van der Waals surface area contributed by atoms with Crippen LogP contribution in [0.2, 0.25) is 0 Å². The SMILES string of the molecule is C[C@@H]1CCc2sc(C(=O)N/N=C\C(Br)=C\c3ccccc3)cc2C1. The van der Waals surface area contributed by atoms with Crippen molar-refractivity contribution in [3.05, 3.63) is 61.8 Å². The molecular formula is C19H19BrN2OS. The molecular weight excluding hydrogens is 384 g/mol. The Morgan fingerprint density at radius 2 is 2.17 bits per heavy atom. The summed E-state index contributed by atoms with van der Waals surface area (Å²) < 4.78 is 0.799. The third-order valence-electron chi connectivity index (χ3n) is 4.01. The van der Waals surface area contributed by atoms with Crippen molar-refractivity contribution in [3.63, 3.8) is 0 Å². The standard InChI is InChI=1S/C19H19BrN2OS/c1-13-7-8-17-15(9-13)11-18(24-17)19(23)22-21-12-16(20)10-14-5-3-2-4-6-14/h2-6,10-13H,7-9H2,1H3,(H,22,23)/b16-10-,21-12-/t13-/m1/s1. The summed E-state index contributed by atoms with van der Waals surface area (Å²) in [6.45, 7) is 2.27. The molecule has 24 heavy (non-hydrogen) atoms. The van der Waals surface area contributed by atoms with Gasteiger partial charge in [0.2, 0.25) is 0 Å². The fourth-order valence-corrected chi connectivity index (χ4v) is 4.24. The molecule has 0 aliphatic heterocycles. The van der Waals surface area contributed by atoms with E-state index in [0.717, 1.165) is 27.8 Å². The highest BCUT2D eigenvalue weighted by Crippen LogP contribution is 2.32. The second-order valence-electron chi connectivity index (χ2n) is 6.05. The van der Waals surface area contributed by atoms with Crippen molar-refractivity contribution >= 4 is 45.5 Å². The highest BCUT2D eigenvalue weighted by atomic mass is 79.9. The summed E-state index contributed by atoms with van der Waals surface area (Å²) in [7, 11) is 0. The monoisotopic (exact) mass is 402 g/mol. The van der Waals surface area contributed by atoms with E-state index in [2.05, 4.69) is 33.4 Å². The number of amides is 1. The molecule has 1 aromatic carbocycles. The summed E-state index contributed by atoms with van der Waals surface area (Å²) in [5.41, 5.74) is 5.01. The summed E-state index contributed by atoms with van der Waals surface area (Å²) in [6, 6.07) is 12.0. The lowest BCUT2D eigenvalue weighted by molar-refractivity contribution is 0.0959. The van der Waals surface area contributed by atoms with Crippen LogP contribution in [-0.4, -0.2) is 12.1 Å². The van der Waals surface area contributed by atoms with Crippen LogP contribution >= 0.6 is 27.3 Å². The minimum atomic E-state index is -0.140. The van der Waals surface area contributed by atoms with Gasteiger partial charge < -0.3 is 0 Å². The van der Waals surface area contributed by atoms with Crippen LogP contribution in [-0.2, 0) is 12.8 Å². The van der Waals surface area contributed by atoms with Crippen molar-refractivity contribution in [2.75, 3.05) is 0 Å². The van der Waals surface area contributed by atoms with E-state index >= 15 is 0 Å². The van der Waals surface area contributed by atoms with Crippen LogP contribution in [0.4, 0.5) is 0 Å². The number of fused-ring (bicyclic) bond motifs is 1. The van der Waals surface area contributed by atoms with E-state index < -0.39 is 0 Å². The molecule has 0 bridgehead atoms. The second kappa shape index (κ2) is 7.90. The lowest BCUT2D eigenvalue weighted by Crippen LogP contribution is -2.16. The quantitative estimate of drug-likeness (QED) is 0.565. The fourth-order valence-electron chi connectivity index (χ4n) is 2.77. The molecule has 1 atom stereocenters. The first-order chi connectivity index (χ1) is 11.6. The Hall–Kier alpha value is -1.72. The van der Waals surface area contributed by atoms with E-state index in [1.807, 2.05) is 42.5 Å². The van der Waals surface area contributed by atoms with Crippen LogP contribution in [0, 0.1) is 5.92 Å². The van der Waals surface area contributed by atoms with Gasteiger partial charge in [0, 0.05) is 9.36 Å². The largest absolute Gasteiger partial charge is 0.281 e. The van der Waals surface area contributed by atoms with E-state index in [9.17, 15) is 4.79 Å². The Morgan fingerprint density at radius 1 is 1.38 bits per heavy atom. The van der Waals surface area contributed by atoms with E-state index in [1.54, 1.807) is 17.6 Å². The predicted molar refractivity (Wildman–Crippen MR) is 105 cm³/mol. The first kappa shape index (κ1) is 17.1. The van der Waals surface area contributed by atoms with Gasteiger partial charge in [-0.1, -0.05) is 37.3 Å². The Kier molecular flexibility index (Phi) is 5.63. The van der Waals surface area contributed by atoms with Crippen molar-refractivity contribution in [3.8, 4) is 0 Å². The molecule has 3 nitrogen and oxygen atoms in total. The van der Waals surface area contributed by atoms with E-state index in [4.69, 9.17) is 0 Å². The summed E-state index contributed by atoms with van der Waals surface area (Å²) in [4.78, 5) is 14.3. The first-order valence-electron chi connectivity index (χ1n) is 7.99. The number of halogens is 1. The van der Waals surface area contributed by atoms with E-state index in [-0.39, 0.29) is 5.91 Å². The molecule has 0 spiro atoms. The molecule has 0 unspecified atom stereocenters. The summed E-state index contributed by atoms with van der Waals surface area (Å²) in [6.07, 6.45) is 6.92. The van der Waals surface area contributed by atoms with Gasteiger partial charge in [0.05, 0.1) is 11.1 Å². The molecule has 1 aliphatic rings. The fraction of sp³-hybridized carbons (Fsp3) is 0.263. The van der Waals surface area contributed by atoms with Gasteiger partial charge in [-0.25, -0.2) is 5.43 Å². The molecule has 2 aromatic rings. The minimum absolute atomic E-state index is 0.140. The zero-order valence-corrected chi connectivity index (χ0v) is 15.9. The predicted octanol–water partition coefficient (Wildman–Crippen LogP) is 5.02. The smallest absolute Gasteiger partial charge is 0.266 e. The molecule has 1 N–H and O–H groups in total. The highest BCUT2D eigenvalue weighted by molar-refractivity contribution is 9.12. The molecule has 124 valence electrons. The molecule has 1 amide bonds. The maximum Gasteiger partial charge on any atom is 0.281 e. The number of benzene rings is 1. The number of allylic oxidation sites excluding steroid dienone is 1. The molecule has 3 rings (SSSR count). The number of carbonyl (C=O) groups is 1. The molecule has 0 fully saturated rings.